The zero-order chi connectivity index (χ0) is 23.3. The molecule has 8 nitrogen and oxygen atoms in total. The van der Waals surface area contributed by atoms with Crippen molar-refractivity contribution in [2.24, 2.45) is 0 Å². The lowest BCUT2D eigenvalue weighted by Gasteiger charge is -2.14. The van der Waals surface area contributed by atoms with E-state index in [1.807, 2.05) is 51.1 Å². The van der Waals surface area contributed by atoms with E-state index >= 15 is 0 Å². The van der Waals surface area contributed by atoms with Gasteiger partial charge in [-0.15, -0.1) is 0 Å². The van der Waals surface area contributed by atoms with Crippen LogP contribution in [0.15, 0.2) is 48.5 Å². The van der Waals surface area contributed by atoms with Gasteiger partial charge in [-0.2, -0.15) is 5.10 Å². The second kappa shape index (κ2) is 10.00. The molecule has 1 amide bonds. The van der Waals surface area contributed by atoms with Crippen molar-refractivity contribution >= 4 is 17.6 Å². The molecule has 1 heterocycles. The molecule has 0 spiro atoms. The van der Waals surface area contributed by atoms with E-state index in [0.717, 1.165) is 11.4 Å². The molecule has 3 rings (SSSR count). The summed E-state index contributed by atoms with van der Waals surface area (Å²) in [6.45, 7) is 7.03. The Hall–Kier alpha value is -3.81. The highest BCUT2D eigenvalue weighted by molar-refractivity contribution is 5.96. The van der Waals surface area contributed by atoms with Crippen LogP contribution in [0.4, 0.5) is 5.69 Å². The summed E-state index contributed by atoms with van der Waals surface area (Å²) in [7, 11) is 1.49. The van der Waals surface area contributed by atoms with Crippen LogP contribution in [0.3, 0.4) is 0 Å². The topological polar surface area (TPSA) is 91.7 Å². The first-order valence-corrected chi connectivity index (χ1v) is 10.2. The van der Waals surface area contributed by atoms with Gasteiger partial charge in [0, 0.05) is 0 Å². The van der Waals surface area contributed by atoms with E-state index in [1.165, 1.54) is 13.2 Å². The van der Waals surface area contributed by atoms with Crippen LogP contribution in [0.25, 0.3) is 5.69 Å². The van der Waals surface area contributed by atoms with Crippen LogP contribution in [0.5, 0.6) is 11.5 Å². The minimum absolute atomic E-state index is 0.0384. The Morgan fingerprint density at radius 2 is 1.78 bits per heavy atom. The van der Waals surface area contributed by atoms with Crippen molar-refractivity contribution in [1.82, 2.24) is 9.78 Å². The fraction of sp³-hybridized carbons (Fsp3) is 0.292. The molecule has 32 heavy (non-hydrogen) atoms. The normalized spacial score (nSPS) is 10.7. The highest BCUT2D eigenvalue weighted by Gasteiger charge is 2.18. The van der Waals surface area contributed by atoms with Crippen molar-refractivity contribution in [3.8, 4) is 17.2 Å². The smallest absolute Gasteiger partial charge is 0.338 e. The number of hydrogen-bond donors (Lipinski definition) is 1. The molecule has 168 valence electrons. The number of nitrogens with one attached hydrogen (secondary N) is 1. The number of amides is 1. The molecule has 0 unspecified atom stereocenters. The Kier molecular flexibility index (Phi) is 7.14. The van der Waals surface area contributed by atoms with E-state index in [9.17, 15) is 9.59 Å². The third kappa shape index (κ3) is 5.26. The third-order valence-electron chi connectivity index (χ3n) is 4.65. The number of benzene rings is 2. The maximum atomic E-state index is 12.4. The molecule has 2 aromatic carbocycles. The predicted octanol–water partition coefficient (Wildman–Crippen LogP) is 4.08. The number of esters is 1. The van der Waals surface area contributed by atoms with Crippen molar-refractivity contribution in [2.75, 3.05) is 19.0 Å². The number of carbonyl (C=O) groups excluding carboxylic acids is 2. The van der Waals surface area contributed by atoms with Gasteiger partial charge in [-0.05, 0) is 58.0 Å². The Balaban J connectivity index is 1.64. The number of ether oxygens (including phenoxy) is 3. The van der Waals surface area contributed by atoms with Gasteiger partial charge in [0.1, 0.15) is 0 Å². The fourth-order valence-corrected chi connectivity index (χ4v) is 3.18. The summed E-state index contributed by atoms with van der Waals surface area (Å²) in [6, 6.07) is 14.3. The summed E-state index contributed by atoms with van der Waals surface area (Å²) < 4.78 is 17.9. The standard InChI is InChI=1S/C24H27N3O5/c1-15(2)32-20-12-11-18(13-21(20)30-5)24(29)31-14-22(28)25-23-16(3)26-27(17(23)4)19-9-7-6-8-10-19/h6-13,15H,14H2,1-5H3,(H,25,28). The quantitative estimate of drug-likeness (QED) is 0.534. The number of methoxy groups -OCH3 is 1. The number of aromatic nitrogens is 2. The zero-order valence-electron chi connectivity index (χ0n) is 18.8. The molecule has 0 saturated heterocycles. The molecule has 0 saturated carbocycles. The van der Waals surface area contributed by atoms with Gasteiger partial charge in [0.25, 0.3) is 5.91 Å². The number of nitrogens with zero attached hydrogens (tertiary/aromatic N) is 2. The van der Waals surface area contributed by atoms with Crippen LogP contribution in [-0.2, 0) is 9.53 Å². The van der Waals surface area contributed by atoms with Gasteiger partial charge in [-0.25, -0.2) is 9.48 Å². The number of carbonyl (C=O) groups is 2. The van der Waals surface area contributed by atoms with Crippen molar-refractivity contribution < 1.29 is 23.8 Å². The summed E-state index contributed by atoms with van der Waals surface area (Å²) in [5.41, 5.74) is 3.18. The fourth-order valence-electron chi connectivity index (χ4n) is 3.18. The van der Waals surface area contributed by atoms with Gasteiger partial charge in [0.15, 0.2) is 18.1 Å². The molecule has 0 aliphatic carbocycles. The van der Waals surface area contributed by atoms with Gasteiger partial charge >= 0.3 is 5.97 Å². The SMILES string of the molecule is COc1cc(C(=O)OCC(=O)Nc2c(C)nn(-c3ccccc3)c2C)ccc1OC(C)C. The van der Waals surface area contributed by atoms with E-state index in [4.69, 9.17) is 14.2 Å². The Labute approximate surface area is 187 Å². The van der Waals surface area contributed by atoms with Gasteiger partial charge in [0.2, 0.25) is 0 Å². The summed E-state index contributed by atoms with van der Waals surface area (Å²) in [5.74, 6) is -0.151. The van der Waals surface area contributed by atoms with Crippen LogP contribution >= 0.6 is 0 Å². The first-order chi connectivity index (χ1) is 15.3. The molecule has 0 radical (unpaired) electrons. The minimum Gasteiger partial charge on any atom is -0.493 e. The molecular formula is C24H27N3O5. The van der Waals surface area contributed by atoms with E-state index in [2.05, 4.69) is 10.4 Å². The van der Waals surface area contributed by atoms with Gasteiger partial charge in [0.05, 0.1) is 41.5 Å². The maximum Gasteiger partial charge on any atom is 0.338 e. The van der Waals surface area contributed by atoms with Crippen LogP contribution < -0.4 is 14.8 Å². The number of para-hydroxylation sites is 1. The minimum atomic E-state index is -0.636. The summed E-state index contributed by atoms with van der Waals surface area (Å²) in [4.78, 5) is 24.8. The molecule has 1 N–H and O–H groups in total. The van der Waals surface area contributed by atoms with Crippen LogP contribution in [-0.4, -0.2) is 41.5 Å². The van der Waals surface area contributed by atoms with E-state index in [-0.39, 0.29) is 11.7 Å². The molecule has 3 aromatic rings. The van der Waals surface area contributed by atoms with Crippen molar-refractivity contribution in [1.29, 1.82) is 0 Å². The van der Waals surface area contributed by atoms with Crippen LogP contribution in [0.2, 0.25) is 0 Å². The molecule has 1 aromatic heterocycles. The molecular weight excluding hydrogens is 410 g/mol. The van der Waals surface area contributed by atoms with Crippen LogP contribution in [0, 0.1) is 13.8 Å². The number of anilines is 1. The number of rotatable bonds is 8. The number of aryl methyl sites for hydroxylation is 1. The second-order valence-electron chi connectivity index (χ2n) is 7.45. The van der Waals surface area contributed by atoms with Crippen molar-refractivity contribution in [3.63, 3.8) is 0 Å². The van der Waals surface area contributed by atoms with Crippen molar-refractivity contribution in [3.05, 3.63) is 65.5 Å². The summed E-state index contributed by atoms with van der Waals surface area (Å²) >= 11 is 0. The summed E-state index contributed by atoms with van der Waals surface area (Å²) in [6.07, 6.45) is -0.0384. The Bertz CT molecular complexity index is 1110. The Morgan fingerprint density at radius 1 is 1.06 bits per heavy atom. The van der Waals surface area contributed by atoms with Gasteiger partial charge < -0.3 is 19.5 Å². The van der Waals surface area contributed by atoms with Gasteiger partial charge in [-0.1, -0.05) is 18.2 Å². The lowest BCUT2D eigenvalue weighted by molar-refractivity contribution is -0.119. The first-order valence-electron chi connectivity index (χ1n) is 10.2. The molecule has 8 heteroatoms. The molecule has 0 aliphatic rings. The average Bonchev–Trinajstić information content (AvgIpc) is 3.06. The number of hydrogen-bond acceptors (Lipinski definition) is 6. The highest BCUT2D eigenvalue weighted by atomic mass is 16.5. The molecule has 0 atom stereocenters. The second-order valence-corrected chi connectivity index (χ2v) is 7.45. The largest absolute Gasteiger partial charge is 0.493 e. The lowest BCUT2D eigenvalue weighted by atomic mass is 10.2. The Morgan fingerprint density at radius 3 is 2.44 bits per heavy atom. The van der Waals surface area contributed by atoms with E-state index < -0.39 is 18.5 Å². The lowest BCUT2D eigenvalue weighted by Crippen LogP contribution is -2.21. The average molecular weight is 437 g/mol. The van der Waals surface area contributed by atoms with E-state index in [0.29, 0.717) is 22.9 Å². The predicted molar refractivity (Wildman–Crippen MR) is 121 cm³/mol. The van der Waals surface area contributed by atoms with Crippen molar-refractivity contribution in [2.45, 2.75) is 33.8 Å². The molecule has 0 bridgehead atoms. The molecule has 0 aliphatic heterocycles. The monoisotopic (exact) mass is 437 g/mol. The highest BCUT2D eigenvalue weighted by Crippen LogP contribution is 2.29. The van der Waals surface area contributed by atoms with Gasteiger partial charge in [-0.3, -0.25) is 4.79 Å². The first kappa shape index (κ1) is 22.9. The summed E-state index contributed by atoms with van der Waals surface area (Å²) in [5, 5.41) is 7.28. The molecule has 0 fully saturated rings. The third-order valence-corrected chi connectivity index (χ3v) is 4.65. The van der Waals surface area contributed by atoms with Crippen LogP contribution in [0.1, 0.15) is 35.6 Å². The zero-order valence-corrected chi connectivity index (χ0v) is 18.8. The van der Waals surface area contributed by atoms with E-state index in [1.54, 1.807) is 23.7 Å². The maximum absolute atomic E-state index is 12.4.